The monoisotopic (exact) mass is 474 g/mol. The van der Waals surface area contributed by atoms with Crippen molar-refractivity contribution in [3.63, 3.8) is 0 Å². The summed E-state index contributed by atoms with van der Waals surface area (Å²) in [4.78, 5) is 34.5. The minimum absolute atomic E-state index is 0.142. The number of nitrogens with two attached hydrogens (primary N) is 1. The van der Waals surface area contributed by atoms with Crippen LogP contribution >= 0.6 is 0 Å². The van der Waals surface area contributed by atoms with Crippen molar-refractivity contribution < 1.29 is 39.4 Å². The van der Waals surface area contributed by atoms with Crippen LogP contribution in [-0.2, 0) is 27.4 Å². The van der Waals surface area contributed by atoms with E-state index in [0.29, 0.717) is 24.7 Å². The Labute approximate surface area is 199 Å². The number of carbonyl (C=O) groups is 2. The molecule has 2 aromatic rings. The van der Waals surface area contributed by atoms with Crippen molar-refractivity contribution in [2.24, 2.45) is 16.6 Å². The van der Waals surface area contributed by atoms with Gasteiger partial charge in [0.15, 0.2) is 6.04 Å². The highest BCUT2D eigenvalue weighted by Crippen LogP contribution is 2.16. The quantitative estimate of drug-likeness (QED) is 0.193. The molecule has 0 aromatic heterocycles. The molecule has 0 aliphatic rings. The van der Waals surface area contributed by atoms with Crippen LogP contribution in [0.1, 0.15) is 31.4 Å². The molecule has 2 rings (SSSR count). The first kappa shape index (κ1) is 30.5. The molecule has 10 nitrogen and oxygen atoms in total. The molecule has 34 heavy (non-hydrogen) atoms. The number of aliphatic imine (C=N–C) groups is 1. The van der Waals surface area contributed by atoms with Crippen LogP contribution in [0.3, 0.4) is 0 Å². The standard InChI is InChI=1S/C17H15NO4.C6H13NO2.BH3O2/c19-12-18-16(17(20)21)10-13-6-8-15(9-7-13)22-11-14-4-2-1-3-5-14;1-4(2)3-5(7)6(8)9;2-1-3/h1-9,16H,10-11H2,(H,20,21);4-5H,3,7H2,1-2H3,(H,8,9);1-3H. The summed E-state index contributed by atoms with van der Waals surface area (Å²) >= 11 is 0. The highest BCUT2D eigenvalue weighted by Gasteiger charge is 2.16. The Morgan fingerprint density at radius 3 is 1.97 bits per heavy atom. The van der Waals surface area contributed by atoms with Gasteiger partial charge in [0.1, 0.15) is 18.4 Å². The van der Waals surface area contributed by atoms with Gasteiger partial charge in [-0.1, -0.05) is 56.3 Å². The summed E-state index contributed by atoms with van der Waals surface area (Å²) in [6.07, 6.45) is 1.98. The molecule has 184 valence electrons. The molecule has 0 saturated heterocycles. The molecule has 0 spiro atoms. The zero-order chi connectivity index (χ0) is 25.9. The van der Waals surface area contributed by atoms with E-state index in [-0.39, 0.29) is 6.42 Å². The summed E-state index contributed by atoms with van der Waals surface area (Å²) in [5, 5.41) is 31.5. The third-order valence-electron chi connectivity index (χ3n) is 4.14. The maximum Gasteiger partial charge on any atom is 0.432 e. The Balaban J connectivity index is 0.000000759. The van der Waals surface area contributed by atoms with E-state index in [1.54, 1.807) is 24.3 Å². The van der Waals surface area contributed by atoms with Gasteiger partial charge < -0.3 is 30.7 Å². The maximum absolute atomic E-state index is 10.9. The average molecular weight is 474 g/mol. The van der Waals surface area contributed by atoms with Crippen molar-refractivity contribution in [2.45, 2.75) is 45.4 Å². The SMILES string of the molecule is CC(C)CC(N)C(=O)O.O=C=NC(Cc1ccc(OCc2ccccc2)cc1)C(=O)O.OBO. The molecule has 0 saturated carbocycles. The minimum atomic E-state index is -1.15. The lowest BCUT2D eigenvalue weighted by atomic mass is 10.1. The molecule has 0 heterocycles. The Morgan fingerprint density at radius 2 is 1.56 bits per heavy atom. The number of carbonyl (C=O) groups excluding carboxylic acids is 1. The number of isocyanates is 1. The number of hydrogen-bond acceptors (Lipinski definition) is 8. The predicted octanol–water partition coefficient (Wildman–Crippen LogP) is 1.28. The van der Waals surface area contributed by atoms with Crippen LogP contribution in [0.4, 0.5) is 0 Å². The summed E-state index contributed by atoms with van der Waals surface area (Å²) in [7, 11) is -0.750. The van der Waals surface area contributed by atoms with Crippen LogP contribution in [-0.4, -0.2) is 58.0 Å². The fourth-order valence-electron chi connectivity index (χ4n) is 2.55. The van der Waals surface area contributed by atoms with Gasteiger partial charge in [-0.25, -0.2) is 9.59 Å². The van der Waals surface area contributed by atoms with Gasteiger partial charge in [0, 0.05) is 6.42 Å². The lowest BCUT2D eigenvalue weighted by Gasteiger charge is -2.08. The number of hydrogen-bond donors (Lipinski definition) is 5. The largest absolute Gasteiger partial charge is 0.489 e. The van der Waals surface area contributed by atoms with Crippen LogP contribution in [0.5, 0.6) is 5.75 Å². The van der Waals surface area contributed by atoms with Crippen molar-refractivity contribution in [3.05, 3.63) is 65.7 Å². The number of rotatable bonds is 10. The van der Waals surface area contributed by atoms with Crippen LogP contribution in [0.15, 0.2) is 59.6 Å². The van der Waals surface area contributed by atoms with Crippen LogP contribution in [0, 0.1) is 5.92 Å². The molecule has 6 N–H and O–H groups in total. The summed E-state index contributed by atoms with van der Waals surface area (Å²) in [5.74, 6) is -1.01. The topological polar surface area (TPSA) is 180 Å². The molecule has 2 unspecified atom stereocenters. The number of aliphatic carboxylic acids is 2. The molecule has 11 heteroatoms. The zero-order valence-electron chi connectivity index (χ0n) is 19.2. The molecule has 0 fully saturated rings. The van der Waals surface area contributed by atoms with Crippen molar-refractivity contribution in [3.8, 4) is 5.75 Å². The van der Waals surface area contributed by atoms with E-state index in [2.05, 4.69) is 4.99 Å². The fraction of sp³-hybridized carbons (Fsp3) is 0.348. The number of ether oxygens (including phenoxy) is 1. The first-order chi connectivity index (χ1) is 16.1. The van der Waals surface area contributed by atoms with Gasteiger partial charge in [-0.05, 0) is 35.6 Å². The first-order valence-corrected chi connectivity index (χ1v) is 10.4. The molecule has 0 aliphatic heterocycles. The van der Waals surface area contributed by atoms with Gasteiger partial charge in [0.2, 0.25) is 6.08 Å². The van der Waals surface area contributed by atoms with E-state index in [1.807, 2.05) is 44.2 Å². The van der Waals surface area contributed by atoms with Crippen LogP contribution in [0.25, 0.3) is 0 Å². The summed E-state index contributed by atoms with van der Waals surface area (Å²) in [5.41, 5.74) is 7.05. The van der Waals surface area contributed by atoms with Crippen molar-refractivity contribution >= 4 is 25.7 Å². The molecular formula is C23H31BN2O8. The second-order valence-electron chi connectivity index (χ2n) is 7.41. The second-order valence-corrected chi connectivity index (χ2v) is 7.41. The molecule has 0 radical (unpaired) electrons. The number of carboxylic acids is 2. The highest BCUT2D eigenvalue weighted by atomic mass is 16.5. The van der Waals surface area contributed by atoms with E-state index in [9.17, 15) is 14.4 Å². The maximum atomic E-state index is 10.9. The van der Waals surface area contributed by atoms with Gasteiger partial charge >= 0.3 is 19.6 Å². The Kier molecular flexibility index (Phi) is 16.1. The minimum Gasteiger partial charge on any atom is -0.489 e. The average Bonchev–Trinajstić information content (AvgIpc) is 2.79. The third-order valence-corrected chi connectivity index (χ3v) is 4.14. The van der Waals surface area contributed by atoms with E-state index in [4.69, 9.17) is 30.7 Å². The van der Waals surface area contributed by atoms with Crippen LogP contribution < -0.4 is 10.5 Å². The molecule has 0 aliphatic carbocycles. The van der Waals surface area contributed by atoms with Gasteiger partial charge in [-0.3, -0.25) is 4.79 Å². The Morgan fingerprint density at radius 1 is 1.00 bits per heavy atom. The van der Waals surface area contributed by atoms with Gasteiger partial charge in [-0.2, -0.15) is 4.99 Å². The number of carboxylic acid groups (broad SMARTS) is 2. The smallest absolute Gasteiger partial charge is 0.432 e. The summed E-state index contributed by atoms with van der Waals surface area (Å²) < 4.78 is 5.64. The second kappa shape index (κ2) is 18.0. The van der Waals surface area contributed by atoms with Crippen LogP contribution in [0.2, 0.25) is 0 Å². The zero-order valence-corrected chi connectivity index (χ0v) is 19.2. The van der Waals surface area contributed by atoms with E-state index in [1.165, 1.54) is 6.08 Å². The van der Waals surface area contributed by atoms with E-state index >= 15 is 0 Å². The molecule has 0 amide bonds. The van der Waals surface area contributed by atoms with Gasteiger partial charge in [-0.15, -0.1) is 0 Å². The lowest BCUT2D eigenvalue weighted by molar-refractivity contribution is -0.139. The molecular weight excluding hydrogens is 443 g/mol. The molecule has 2 aromatic carbocycles. The predicted molar refractivity (Wildman–Crippen MR) is 127 cm³/mol. The lowest BCUT2D eigenvalue weighted by Crippen LogP contribution is -2.31. The van der Waals surface area contributed by atoms with E-state index in [0.717, 1.165) is 11.1 Å². The first-order valence-electron chi connectivity index (χ1n) is 10.4. The highest BCUT2D eigenvalue weighted by molar-refractivity contribution is 6.13. The Hall–Kier alpha value is -3.50. The third kappa shape index (κ3) is 14.5. The molecule has 0 bridgehead atoms. The fourth-order valence-corrected chi connectivity index (χ4v) is 2.55. The van der Waals surface area contributed by atoms with Crippen molar-refractivity contribution in [2.75, 3.05) is 0 Å². The summed E-state index contributed by atoms with van der Waals surface area (Å²) in [6, 6.07) is 15.0. The normalized spacial score (nSPS) is 11.4. The Bertz CT molecular complexity index is 886. The van der Waals surface area contributed by atoms with E-state index < -0.39 is 31.7 Å². The molecule has 2 atom stereocenters. The van der Waals surface area contributed by atoms with Gasteiger partial charge in [0.25, 0.3) is 0 Å². The number of nitrogens with zero attached hydrogens (tertiary/aromatic N) is 1. The summed E-state index contributed by atoms with van der Waals surface area (Å²) in [6.45, 7) is 4.36. The number of benzene rings is 2. The van der Waals surface area contributed by atoms with Crippen molar-refractivity contribution in [1.82, 2.24) is 0 Å². The van der Waals surface area contributed by atoms with Gasteiger partial charge in [0.05, 0.1) is 0 Å². The van der Waals surface area contributed by atoms with Crippen molar-refractivity contribution in [1.29, 1.82) is 0 Å².